The third-order valence-electron chi connectivity index (χ3n) is 28.2. The molecule has 16 atom stereocenters. The van der Waals surface area contributed by atoms with Crippen LogP contribution in [0.5, 0.6) is 0 Å². The third kappa shape index (κ3) is 12.8. The van der Waals surface area contributed by atoms with Crippen molar-refractivity contribution in [1.29, 1.82) is 0 Å². The van der Waals surface area contributed by atoms with Crippen molar-refractivity contribution in [2.75, 3.05) is 0 Å². The maximum absolute atomic E-state index is 11.8. The molecule has 0 bridgehead atoms. The van der Waals surface area contributed by atoms with Crippen molar-refractivity contribution in [3.63, 3.8) is 0 Å². The largest absolute Gasteiger partial charge is 4.00 e. The molecule has 0 N–H and O–H groups in total. The first-order valence-electron chi connectivity index (χ1n) is 35.6. The molecule has 0 aromatic heterocycles. The van der Waals surface area contributed by atoms with E-state index in [4.69, 9.17) is 0 Å². The molecule has 488 valence electrons. The van der Waals surface area contributed by atoms with Crippen molar-refractivity contribution >= 4 is 47.8 Å². The van der Waals surface area contributed by atoms with Gasteiger partial charge >= 0.3 is 23.9 Å². The minimum Gasteiger partial charge on any atom is -0.550 e. The van der Waals surface area contributed by atoms with Crippen molar-refractivity contribution in [3.05, 3.63) is 93.2 Å². The zero-order chi connectivity index (χ0) is 64.5. The molecule has 4 saturated carbocycles. The van der Waals surface area contributed by atoms with E-state index in [0.29, 0.717) is 47.3 Å². The molecule has 0 spiro atoms. The number of hydrogen-bond donors (Lipinski definition) is 0. The fraction of sp³-hybridized carbons (Fsp3) is 0.750. The molecule has 0 radical (unpaired) electrons. The van der Waals surface area contributed by atoms with E-state index in [0.717, 1.165) is 103 Å². The second-order valence-corrected chi connectivity index (χ2v) is 34.1. The number of hydrogen-bond acceptors (Lipinski definition) is 8. The number of allylic oxidation sites excluding steroid dienone is 16. The molecule has 4 fully saturated rings. The average Bonchev–Trinajstić information content (AvgIpc) is 1.09. The zero-order valence-corrected chi connectivity index (χ0v) is 61.1. The van der Waals surface area contributed by atoms with Crippen LogP contribution in [-0.2, 0) is 19.2 Å². The van der Waals surface area contributed by atoms with Crippen molar-refractivity contribution in [3.8, 4) is 0 Å². The van der Waals surface area contributed by atoms with Gasteiger partial charge in [0.2, 0.25) is 0 Å². The van der Waals surface area contributed by atoms with Crippen LogP contribution in [0, 0.1) is 114 Å². The standard InChI is InChI=1S/4C20H30O2.Sn/c4*1-13(2)14-6-8-16-15(12-14)7-9-17-19(16,3)10-5-11-20(17,4)18(21)22;/h4*7,12-13,16-17H,5-6,8-11H2,1-4H3,(H,21,22);/q;;;;+4/p-4/t4*16-,17?,19-,20+;/m1000./s1. The Labute approximate surface area is 556 Å². The second-order valence-electron chi connectivity index (χ2n) is 34.1. The van der Waals surface area contributed by atoms with E-state index < -0.39 is 45.5 Å². The van der Waals surface area contributed by atoms with Crippen molar-refractivity contribution in [2.45, 2.75) is 265 Å². The van der Waals surface area contributed by atoms with Crippen LogP contribution < -0.4 is 20.4 Å². The van der Waals surface area contributed by atoms with Crippen LogP contribution in [0.2, 0.25) is 0 Å². The van der Waals surface area contributed by atoms with Crippen LogP contribution in [0.4, 0.5) is 0 Å². The van der Waals surface area contributed by atoms with Crippen LogP contribution in [-0.4, -0.2) is 47.8 Å². The first kappa shape index (κ1) is 71.4. The van der Waals surface area contributed by atoms with Crippen LogP contribution in [0.15, 0.2) is 93.2 Å². The number of rotatable bonds is 8. The molecule has 0 aromatic rings. The molecular weight excluding hydrogens is 1210 g/mol. The van der Waals surface area contributed by atoms with Gasteiger partial charge in [0.15, 0.2) is 0 Å². The molecule has 0 saturated heterocycles. The third-order valence-corrected chi connectivity index (χ3v) is 28.2. The van der Waals surface area contributed by atoms with Gasteiger partial charge in [-0.3, -0.25) is 0 Å². The predicted octanol–water partition coefficient (Wildman–Crippen LogP) is 15.1. The summed E-state index contributed by atoms with van der Waals surface area (Å²) in [5.41, 5.74) is 10.0. The number of carbonyl (C=O) groups is 4. The molecule has 9 heteroatoms. The summed E-state index contributed by atoms with van der Waals surface area (Å²) in [7, 11) is 0. The molecule has 12 aliphatic rings. The predicted molar refractivity (Wildman–Crippen MR) is 353 cm³/mol. The summed E-state index contributed by atoms with van der Waals surface area (Å²) >= 11 is 0. The van der Waals surface area contributed by atoms with Gasteiger partial charge in [-0.15, -0.1) is 0 Å². The Morgan fingerprint density at radius 3 is 0.674 bits per heavy atom. The molecule has 0 heterocycles. The molecule has 12 aliphatic carbocycles. The number of carboxylic acid groups (broad SMARTS) is 4. The fourth-order valence-corrected chi connectivity index (χ4v) is 22.4. The van der Waals surface area contributed by atoms with Crippen molar-refractivity contribution in [2.24, 2.45) is 114 Å². The minimum absolute atomic E-state index is 0. The Balaban J connectivity index is 0.000000153. The Morgan fingerprint density at radius 2 is 0.517 bits per heavy atom. The van der Waals surface area contributed by atoms with Gasteiger partial charge in [0.05, 0.1) is 0 Å². The van der Waals surface area contributed by atoms with E-state index in [1.54, 1.807) is 22.3 Å². The summed E-state index contributed by atoms with van der Waals surface area (Å²) in [6.45, 7) is 35.3. The zero-order valence-electron chi connectivity index (χ0n) is 58.3. The van der Waals surface area contributed by atoms with Crippen LogP contribution in [0.25, 0.3) is 0 Å². The monoisotopic (exact) mass is 1320 g/mol. The van der Waals surface area contributed by atoms with Gasteiger partial charge in [-0.2, -0.15) is 0 Å². The molecule has 12 rings (SSSR count). The van der Waals surface area contributed by atoms with E-state index in [1.807, 2.05) is 27.7 Å². The molecule has 4 unspecified atom stereocenters. The second kappa shape index (κ2) is 26.8. The van der Waals surface area contributed by atoms with E-state index in [-0.39, 0.29) is 69.2 Å². The number of carbonyl (C=O) groups excluding carboxylic acids is 4. The summed E-state index contributed by atoms with van der Waals surface area (Å²) in [6.07, 6.45) is 43.9. The normalized spacial score (nSPS) is 40.9. The van der Waals surface area contributed by atoms with E-state index in [2.05, 4.69) is 132 Å². The summed E-state index contributed by atoms with van der Waals surface area (Å²) in [6, 6.07) is 0. The van der Waals surface area contributed by atoms with Gasteiger partial charge < -0.3 is 39.6 Å². The molecule has 89 heavy (non-hydrogen) atoms. The van der Waals surface area contributed by atoms with Crippen LogP contribution in [0.1, 0.15) is 265 Å². The molecule has 0 aromatic carbocycles. The quantitative estimate of drug-likeness (QED) is 0.217. The molecule has 0 aliphatic heterocycles. The first-order chi connectivity index (χ1) is 41.1. The molecule has 8 nitrogen and oxygen atoms in total. The van der Waals surface area contributed by atoms with Gasteiger partial charge in [0, 0.05) is 45.5 Å². The van der Waals surface area contributed by atoms with Crippen molar-refractivity contribution < 1.29 is 39.6 Å². The number of carboxylic acids is 4. The van der Waals surface area contributed by atoms with Gasteiger partial charge in [0.1, 0.15) is 0 Å². The van der Waals surface area contributed by atoms with Gasteiger partial charge in [-0.05, 0) is 243 Å². The summed E-state index contributed by atoms with van der Waals surface area (Å²) in [5, 5.41) is 47.3. The van der Waals surface area contributed by atoms with Crippen molar-refractivity contribution in [1.82, 2.24) is 0 Å². The molecular formula is C80H116O8Sn. The SMILES string of the molecule is CC(C)C1=CC2=CCC3[C@](C)(C(=O)[O-])CCC[C@@]3(C)[C@H]2CC1.CC(C)C1=CC2=CCC3[C@](C)(C(=O)[O-])CCC[C@@]3(C)[C@H]2CC1.CC(C)C1=CC2=CCC3[C@](C)(C(=O)[O-])CCC[C@@]3(C)[C@H]2CC1.CC(C)C1=CC2=CCC3[C@](C)(CCC[C@]3(C)C(=O)[O-])[C@@H]2CC1.[Sn+4]. The molecule has 0 amide bonds. The average molecular weight is 1320 g/mol. The smallest absolute Gasteiger partial charge is 0.550 e. The maximum atomic E-state index is 11.8. The first-order valence-corrected chi connectivity index (χ1v) is 35.6. The van der Waals surface area contributed by atoms with E-state index >= 15 is 0 Å². The summed E-state index contributed by atoms with van der Waals surface area (Å²) in [5.74, 6) is 2.15. The van der Waals surface area contributed by atoms with Crippen LogP contribution >= 0.6 is 0 Å². The fourth-order valence-electron chi connectivity index (χ4n) is 22.4. The minimum atomic E-state index is -0.838. The maximum Gasteiger partial charge on any atom is 4.00 e. The topological polar surface area (TPSA) is 161 Å². The number of aliphatic carboxylic acids is 4. The summed E-state index contributed by atoms with van der Waals surface area (Å²) < 4.78 is 0. The van der Waals surface area contributed by atoms with E-state index in [1.165, 1.54) is 73.7 Å². The van der Waals surface area contributed by atoms with Crippen LogP contribution in [0.3, 0.4) is 0 Å². The Bertz CT molecular complexity index is 2570. The van der Waals surface area contributed by atoms with Gasteiger partial charge in [-0.25, -0.2) is 0 Å². The Hall–Kier alpha value is -3.40. The Morgan fingerprint density at radius 1 is 0.337 bits per heavy atom. The Kier molecular flexibility index (Phi) is 21.5. The summed E-state index contributed by atoms with van der Waals surface area (Å²) in [4.78, 5) is 47.3. The van der Waals surface area contributed by atoms with Gasteiger partial charge in [0.25, 0.3) is 0 Å². The number of fused-ring (bicyclic) bond motifs is 12. The van der Waals surface area contributed by atoms with E-state index in [9.17, 15) is 39.6 Å². The van der Waals surface area contributed by atoms with Gasteiger partial charge in [-0.1, -0.05) is 207 Å².